The van der Waals surface area contributed by atoms with Crippen LogP contribution in [-0.4, -0.2) is 24.6 Å². The van der Waals surface area contributed by atoms with Gasteiger partial charge in [0, 0.05) is 19.1 Å². The first kappa shape index (κ1) is 14.3. The third-order valence-electron chi connectivity index (χ3n) is 4.31. The fraction of sp³-hybridized carbons (Fsp3) is 0.688. The highest BCUT2D eigenvalue weighted by Crippen LogP contribution is 2.36. The molecule has 3 nitrogen and oxygen atoms in total. The Kier molecular flexibility index (Phi) is 4.81. The second-order valence-corrected chi connectivity index (χ2v) is 5.65. The van der Waals surface area contributed by atoms with Gasteiger partial charge in [0.15, 0.2) is 0 Å². The second-order valence-electron chi connectivity index (χ2n) is 5.65. The molecule has 2 rings (SSSR count). The largest absolute Gasteiger partial charge is 0.370 e. The van der Waals surface area contributed by atoms with Crippen LogP contribution in [-0.2, 0) is 0 Å². The molecule has 1 aliphatic carbocycles. The topological polar surface area (TPSA) is 28.2 Å². The normalized spacial score (nSPS) is 18.1. The van der Waals surface area contributed by atoms with Crippen molar-refractivity contribution in [1.82, 2.24) is 10.3 Å². The average molecular weight is 261 g/mol. The van der Waals surface area contributed by atoms with Gasteiger partial charge in [0.05, 0.1) is 17.6 Å². The number of nitrogens with zero attached hydrogens (tertiary/aromatic N) is 2. The molecule has 1 saturated carbocycles. The van der Waals surface area contributed by atoms with Gasteiger partial charge in [0.1, 0.15) is 0 Å². The summed E-state index contributed by atoms with van der Waals surface area (Å²) in [6.07, 6.45) is 5.87. The molecule has 0 bridgehead atoms. The van der Waals surface area contributed by atoms with E-state index in [-0.39, 0.29) is 0 Å². The fourth-order valence-corrected chi connectivity index (χ4v) is 2.65. The summed E-state index contributed by atoms with van der Waals surface area (Å²) in [6.45, 7) is 7.64. The van der Waals surface area contributed by atoms with Crippen LogP contribution < -0.4 is 10.2 Å². The van der Waals surface area contributed by atoms with Crippen LogP contribution >= 0.6 is 0 Å². The van der Waals surface area contributed by atoms with Gasteiger partial charge in [0.25, 0.3) is 0 Å². The smallest absolute Gasteiger partial charge is 0.0574 e. The summed E-state index contributed by atoms with van der Waals surface area (Å²) in [5, 5.41) is 3.47. The van der Waals surface area contributed by atoms with Crippen molar-refractivity contribution in [2.45, 2.75) is 52.1 Å². The van der Waals surface area contributed by atoms with E-state index < -0.39 is 0 Å². The van der Waals surface area contributed by atoms with Crippen molar-refractivity contribution in [3.05, 3.63) is 24.0 Å². The van der Waals surface area contributed by atoms with Crippen molar-refractivity contribution in [2.24, 2.45) is 5.92 Å². The quantitative estimate of drug-likeness (QED) is 0.815. The van der Waals surface area contributed by atoms with Crippen LogP contribution in [0.25, 0.3) is 0 Å². The van der Waals surface area contributed by atoms with Crippen molar-refractivity contribution in [3.8, 4) is 0 Å². The molecule has 1 heterocycles. The Morgan fingerprint density at radius 2 is 2.11 bits per heavy atom. The number of hydrogen-bond donors (Lipinski definition) is 1. The summed E-state index contributed by atoms with van der Waals surface area (Å²) in [5.74, 6) is 0.884. The zero-order valence-electron chi connectivity index (χ0n) is 12.7. The second kappa shape index (κ2) is 6.38. The Morgan fingerprint density at radius 3 is 2.58 bits per heavy atom. The van der Waals surface area contributed by atoms with E-state index in [0.29, 0.717) is 12.1 Å². The lowest BCUT2D eigenvalue weighted by molar-refractivity contribution is 0.524. The number of aromatic nitrogens is 1. The minimum Gasteiger partial charge on any atom is -0.370 e. The maximum Gasteiger partial charge on any atom is 0.0574 e. The van der Waals surface area contributed by atoms with Gasteiger partial charge < -0.3 is 10.2 Å². The first-order valence-electron chi connectivity index (χ1n) is 7.59. The van der Waals surface area contributed by atoms with Crippen LogP contribution in [0.15, 0.2) is 18.3 Å². The van der Waals surface area contributed by atoms with Gasteiger partial charge >= 0.3 is 0 Å². The summed E-state index contributed by atoms with van der Waals surface area (Å²) >= 11 is 0. The summed E-state index contributed by atoms with van der Waals surface area (Å²) in [7, 11) is 2.18. The maximum absolute atomic E-state index is 4.65. The lowest BCUT2D eigenvalue weighted by Crippen LogP contribution is -2.30. The van der Waals surface area contributed by atoms with Crippen LogP contribution in [0.3, 0.4) is 0 Å². The molecule has 1 aliphatic rings. The lowest BCUT2D eigenvalue weighted by Gasteiger charge is -2.27. The van der Waals surface area contributed by atoms with E-state index in [2.05, 4.69) is 55.2 Å². The Labute approximate surface area is 117 Å². The first-order chi connectivity index (χ1) is 9.17. The SMILES string of the molecule is CCNC(CC)c1ccc(N(C)C(C)C2CC2)cn1. The Morgan fingerprint density at radius 1 is 1.37 bits per heavy atom. The highest BCUT2D eigenvalue weighted by Gasteiger charge is 2.30. The standard InChI is InChI=1S/C16H27N3/c1-5-15(17-6-2)16-10-9-14(11-18-16)19(4)12(3)13-7-8-13/h9-13,15,17H,5-8H2,1-4H3. The zero-order valence-corrected chi connectivity index (χ0v) is 12.7. The van der Waals surface area contributed by atoms with E-state index in [9.17, 15) is 0 Å². The number of hydrogen-bond acceptors (Lipinski definition) is 3. The average Bonchev–Trinajstić information content (AvgIpc) is 3.28. The van der Waals surface area contributed by atoms with Crippen molar-refractivity contribution >= 4 is 5.69 Å². The number of anilines is 1. The minimum absolute atomic E-state index is 0.380. The third-order valence-corrected chi connectivity index (χ3v) is 4.31. The Bertz CT molecular complexity index is 383. The summed E-state index contributed by atoms with van der Waals surface area (Å²) in [6, 6.07) is 5.39. The van der Waals surface area contributed by atoms with E-state index >= 15 is 0 Å². The van der Waals surface area contributed by atoms with E-state index in [1.807, 2.05) is 6.20 Å². The molecule has 0 aliphatic heterocycles. The van der Waals surface area contributed by atoms with Gasteiger partial charge in [-0.25, -0.2) is 0 Å². The number of nitrogens with one attached hydrogen (secondary N) is 1. The molecular formula is C16H27N3. The van der Waals surface area contributed by atoms with E-state index in [4.69, 9.17) is 0 Å². The van der Waals surface area contributed by atoms with Crippen molar-refractivity contribution in [3.63, 3.8) is 0 Å². The molecule has 2 atom stereocenters. The van der Waals surface area contributed by atoms with Gasteiger partial charge in [0.2, 0.25) is 0 Å². The summed E-state index contributed by atoms with van der Waals surface area (Å²) in [5.41, 5.74) is 2.38. The number of rotatable bonds is 7. The van der Waals surface area contributed by atoms with Crippen LogP contribution in [0.5, 0.6) is 0 Å². The molecule has 106 valence electrons. The van der Waals surface area contributed by atoms with Crippen LogP contribution in [0.2, 0.25) is 0 Å². The van der Waals surface area contributed by atoms with Crippen molar-refractivity contribution < 1.29 is 0 Å². The molecule has 1 N–H and O–H groups in total. The Hall–Kier alpha value is -1.09. The summed E-state index contributed by atoms with van der Waals surface area (Å²) < 4.78 is 0. The Balaban J connectivity index is 2.04. The van der Waals surface area contributed by atoms with E-state index in [1.54, 1.807) is 0 Å². The molecule has 3 heteroatoms. The molecule has 0 spiro atoms. The third kappa shape index (κ3) is 3.47. The maximum atomic E-state index is 4.65. The minimum atomic E-state index is 0.380. The molecule has 0 saturated heterocycles. The number of pyridine rings is 1. The molecule has 1 aromatic rings. The van der Waals surface area contributed by atoms with Crippen molar-refractivity contribution in [2.75, 3.05) is 18.5 Å². The van der Waals surface area contributed by atoms with E-state index in [0.717, 1.165) is 24.6 Å². The fourth-order valence-electron chi connectivity index (χ4n) is 2.65. The highest BCUT2D eigenvalue weighted by molar-refractivity contribution is 5.45. The zero-order chi connectivity index (χ0) is 13.8. The molecular weight excluding hydrogens is 234 g/mol. The van der Waals surface area contributed by atoms with Gasteiger partial charge in [-0.2, -0.15) is 0 Å². The predicted octanol–water partition coefficient (Wildman–Crippen LogP) is 3.38. The predicted molar refractivity (Wildman–Crippen MR) is 81.5 cm³/mol. The van der Waals surface area contributed by atoms with Gasteiger partial charge in [-0.3, -0.25) is 4.98 Å². The van der Waals surface area contributed by atoms with Crippen LogP contribution in [0.1, 0.15) is 51.8 Å². The van der Waals surface area contributed by atoms with Gasteiger partial charge in [-0.1, -0.05) is 13.8 Å². The lowest BCUT2D eigenvalue weighted by atomic mass is 10.1. The molecule has 0 radical (unpaired) electrons. The molecule has 1 aromatic heterocycles. The van der Waals surface area contributed by atoms with Crippen LogP contribution in [0.4, 0.5) is 5.69 Å². The first-order valence-corrected chi connectivity index (χ1v) is 7.59. The van der Waals surface area contributed by atoms with Gasteiger partial charge in [-0.15, -0.1) is 0 Å². The monoisotopic (exact) mass is 261 g/mol. The highest BCUT2D eigenvalue weighted by atomic mass is 15.1. The summed E-state index contributed by atoms with van der Waals surface area (Å²) in [4.78, 5) is 7.01. The van der Waals surface area contributed by atoms with Crippen LogP contribution in [0, 0.1) is 5.92 Å². The molecule has 0 amide bonds. The molecule has 2 unspecified atom stereocenters. The molecule has 19 heavy (non-hydrogen) atoms. The van der Waals surface area contributed by atoms with E-state index in [1.165, 1.54) is 18.5 Å². The molecule has 0 aromatic carbocycles. The molecule has 1 fully saturated rings. The van der Waals surface area contributed by atoms with Gasteiger partial charge in [-0.05, 0) is 50.8 Å². The van der Waals surface area contributed by atoms with Crippen molar-refractivity contribution in [1.29, 1.82) is 0 Å².